The van der Waals surface area contributed by atoms with Gasteiger partial charge in [0.1, 0.15) is 0 Å². The molecule has 90 valence electrons. The highest BCUT2D eigenvalue weighted by molar-refractivity contribution is 9.11. The van der Waals surface area contributed by atoms with Crippen molar-refractivity contribution in [3.05, 3.63) is 10.1 Å². The van der Waals surface area contributed by atoms with Crippen LogP contribution < -0.4 is 0 Å². The second-order valence-electron chi connectivity index (χ2n) is 7.11. The summed E-state index contributed by atoms with van der Waals surface area (Å²) in [5.74, 6) is 2.73. The maximum atomic E-state index is 3.86. The van der Waals surface area contributed by atoms with Gasteiger partial charge in [-0.3, -0.25) is 0 Å². The molecule has 2 bridgehead atoms. The highest BCUT2D eigenvalue weighted by atomic mass is 79.9. The zero-order valence-electron chi connectivity index (χ0n) is 10.9. The fourth-order valence-corrected chi connectivity index (χ4v) is 6.17. The predicted octanol–water partition coefficient (Wildman–Crippen LogP) is 5.14. The summed E-state index contributed by atoms with van der Waals surface area (Å²) in [6, 6.07) is 0. The fourth-order valence-electron chi connectivity index (χ4n) is 5.38. The Kier molecular flexibility index (Phi) is 2.23. The molecule has 3 aliphatic carbocycles. The van der Waals surface area contributed by atoms with Crippen molar-refractivity contribution in [2.24, 2.45) is 28.6 Å². The van der Waals surface area contributed by atoms with E-state index >= 15 is 0 Å². The summed E-state index contributed by atoms with van der Waals surface area (Å²) < 4.78 is 1.54. The van der Waals surface area contributed by atoms with Crippen LogP contribution >= 0.6 is 15.9 Å². The zero-order valence-corrected chi connectivity index (χ0v) is 12.5. The summed E-state index contributed by atoms with van der Waals surface area (Å²) in [6.45, 7) is 9.91. The summed E-state index contributed by atoms with van der Waals surface area (Å²) in [4.78, 5) is 0. The van der Waals surface area contributed by atoms with Crippen LogP contribution in [0.3, 0.4) is 0 Å². The number of fused-ring (bicyclic) bond motifs is 1. The summed E-state index contributed by atoms with van der Waals surface area (Å²) in [5, 5.41) is 0. The molecular weight excluding hydrogens is 260 g/mol. The second kappa shape index (κ2) is 3.16. The largest absolute Gasteiger partial charge is 0.0620 e. The van der Waals surface area contributed by atoms with Crippen molar-refractivity contribution < 1.29 is 0 Å². The molecule has 4 atom stereocenters. The van der Waals surface area contributed by atoms with E-state index in [4.69, 9.17) is 0 Å². The van der Waals surface area contributed by atoms with Crippen LogP contribution in [0.4, 0.5) is 0 Å². The molecule has 2 fully saturated rings. The maximum Gasteiger partial charge on any atom is -0.00514 e. The van der Waals surface area contributed by atoms with Crippen molar-refractivity contribution in [2.75, 3.05) is 0 Å². The number of rotatable bonds is 0. The Balaban J connectivity index is 2.14. The summed E-state index contributed by atoms with van der Waals surface area (Å²) in [6.07, 6.45) is 5.72. The van der Waals surface area contributed by atoms with Crippen molar-refractivity contribution in [1.82, 2.24) is 0 Å². The third-order valence-electron chi connectivity index (χ3n) is 6.38. The van der Waals surface area contributed by atoms with Crippen LogP contribution in [-0.4, -0.2) is 0 Å². The summed E-state index contributed by atoms with van der Waals surface area (Å²) >= 11 is 3.86. The molecule has 0 saturated heterocycles. The first kappa shape index (κ1) is 11.3. The van der Waals surface area contributed by atoms with Crippen molar-refractivity contribution in [3.63, 3.8) is 0 Å². The quantitative estimate of drug-likeness (QED) is 0.577. The van der Waals surface area contributed by atoms with Crippen molar-refractivity contribution in [2.45, 2.75) is 53.4 Å². The maximum absolute atomic E-state index is 3.86. The lowest BCUT2D eigenvalue weighted by Gasteiger charge is -2.38. The van der Waals surface area contributed by atoms with E-state index in [1.807, 2.05) is 0 Å². The molecule has 4 unspecified atom stereocenters. The van der Waals surface area contributed by atoms with Gasteiger partial charge in [0.15, 0.2) is 0 Å². The van der Waals surface area contributed by atoms with Gasteiger partial charge in [-0.2, -0.15) is 0 Å². The molecule has 0 aliphatic heterocycles. The molecular formula is C15H23Br. The van der Waals surface area contributed by atoms with Crippen LogP contribution in [0.5, 0.6) is 0 Å². The van der Waals surface area contributed by atoms with Gasteiger partial charge < -0.3 is 0 Å². The van der Waals surface area contributed by atoms with Crippen LogP contribution in [0.25, 0.3) is 0 Å². The molecule has 3 aliphatic rings. The Morgan fingerprint density at radius 1 is 1.25 bits per heavy atom. The fraction of sp³-hybridized carbons (Fsp3) is 0.867. The van der Waals surface area contributed by atoms with Crippen molar-refractivity contribution >= 4 is 15.9 Å². The van der Waals surface area contributed by atoms with Gasteiger partial charge in [0.05, 0.1) is 0 Å². The smallest absolute Gasteiger partial charge is 0.00514 e. The summed E-state index contributed by atoms with van der Waals surface area (Å²) in [5.41, 5.74) is 2.83. The predicted molar refractivity (Wildman–Crippen MR) is 72.5 cm³/mol. The van der Waals surface area contributed by atoms with E-state index in [2.05, 4.69) is 43.6 Å². The Hall–Kier alpha value is 0.220. The van der Waals surface area contributed by atoms with Gasteiger partial charge in [0.25, 0.3) is 0 Å². The molecule has 0 aromatic rings. The monoisotopic (exact) mass is 282 g/mol. The molecule has 0 N–H and O–H groups in total. The molecule has 3 rings (SSSR count). The van der Waals surface area contributed by atoms with E-state index in [0.717, 1.165) is 17.8 Å². The number of hydrogen-bond donors (Lipinski definition) is 0. The normalized spacial score (nSPS) is 49.7. The Morgan fingerprint density at radius 3 is 2.62 bits per heavy atom. The third-order valence-corrected chi connectivity index (χ3v) is 7.28. The molecule has 0 nitrogen and oxygen atoms in total. The molecule has 0 aromatic carbocycles. The van der Waals surface area contributed by atoms with E-state index in [0.29, 0.717) is 10.8 Å². The molecule has 16 heavy (non-hydrogen) atoms. The minimum Gasteiger partial charge on any atom is -0.0620 e. The molecule has 2 saturated carbocycles. The standard InChI is InChI=1S/C15H23Br/c1-9-5-6-13-14(3,4)11-7-15(9,13)8-12(16)10(11)2/h9,11,13H,5-8H2,1-4H3. The molecule has 1 spiro atoms. The number of allylic oxidation sites excluding steroid dienone is 2. The van der Waals surface area contributed by atoms with Gasteiger partial charge in [-0.15, -0.1) is 0 Å². The molecule has 0 radical (unpaired) electrons. The first-order valence-corrected chi connectivity index (χ1v) is 7.54. The topological polar surface area (TPSA) is 0 Å². The molecule has 0 heterocycles. The minimum absolute atomic E-state index is 0.532. The SMILES string of the molecule is CC1=C(Br)CC23CC1C(C)(C)C2CCC3C. The number of hydrogen-bond acceptors (Lipinski definition) is 0. The van der Waals surface area contributed by atoms with Crippen LogP contribution in [0, 0.1) is 28.6 Å². The highest BCUT2D eigenvalue weighted by Gasteiger charge is 2.64. The van der Waals surface area contributed by atoms with E-state index in [1.54, 1.807) is 5.57 Å². The Morgan fingerprint density at radius 2 is 1.94 bits per heavy atom. The minimum atomic E-state index is 0.532. The first-order chi connectivity index (χ1) is 7.39. The van der Waals surface area contributed by atoms with Crippen molar-refractivity contribution in [3.8, 4) is 0 Å². The van der Waals surface area contributed by atoms with E-state index in [-0.39, 0.29) is 0 Å². The summed E-state index contributed by atoms with van der Waals surface area (Å²) in [7, 11) is 0. The number of halogens is 1. The molecule has 0 amide bonds. The average molecular weight is 283 g/mol. The molecule has 1 heteroatoms. The lowest BCUT2D eigenvalue weighted by molar-refractivity contribution is 0.127. The van der Waals surface area contributed by atoms with Crippen LogP contribution in [0.2, 0.25) is 0 Å². The van der Waals surface area contributed by atoms with Crippen LogP contribution in [0.1, 0.15) is 53.4 Å². The van der Waals surface area contributed by atoms with Crippen molar-refractivity contribution in [1.29, 1.82) is 0 Å². The van der Waals surface area contributed by atoms with Gasteiger partial charge in [-0.05, 0) is 65.7 Å². The Labute approximate surface area is 108 Å². The zero-order chi connectivity index (χ0) is 11.7. The van der Waals surface area contributed by atoms with Gasteiger partial charge in [0, 0.05) is 0 Å². The van der Waals surface area contributed by atoms with E-state index in [1.165, 1.54) is 30.2 Å². The van der Waals surface area contributed by atoms with Gasteiger partial charge in [-0.25, -0.2) is 0 Å². The van der Waals surface area contributed by atoms with E-state index in [9.17, 15) is 0 Å². The van der Waals surface area contributed by atoms with Crippen LogP contribution in [-0.2, 0) is 0 Å². The highest BCUT2D eigenvalue weighted by Crippen LogP contribution is 2.72. The second-order valence-corrected chi connectivity index (χ2v) is 8.06. The average Bonchev–Trinajstić information content (AvgIpc) is 2.59. The first-order valence-electron chi connectivity index (χ1n) is 6.75. The Bertz CT molecular complexity index is 366. The van der Waals surface area contributed by atoms with Gasteiger partial charge in [-0.1, -0.05) is 42.3 Å². The van der Waals surface area contributed by atoms with E-state index < -0.39 is 0 Å². The van der Waals surface area contributed by atoms with Gasteiger partial charge >= 0.3 is 0 Å². The van der Waals surface area contributed by atoms with Gasteiger partial charge in [0.2, 0.25) is 0 Å². The third kappa shape index (κ3) is 1.11. The lowest BCUT2D eigenvalue weighted by Crippen LogP contribution is -2.30. The van der Waals surface area contributed by atoms with Crippen LogP contribution in [0.15, 0.2) is 10.1 Å². The lowest BCUT2D eigenvalue weighted by atomic mass is 9.68. The molecule has 0 aromatic heterocycles.